The molecule has 5 rings (SSSR count). The van der Waals surface area contributed by atoms with Gasteiger partial charge in [-0.25, -0.2) is 0 Å². The summed E-state index contributed by atoms with van der Waals surface area (Å²) in [4.78, 5) is 0. The van der Waals surface area contributed by atoms with Gasteiger partial charge in [0.05, 0.1) is 8.07 Å². The van der Waals surface area contributed by atoms with Gasteiger partial charge in [-0.1, -0.05) is 146 Å². The highest BCUT2D eigenvalue weighted by atomic mass is 28.3. The van der Waals surface area contributed by atoms with Crippen molar-refractivity contribution in [2.75, 3.05) is 0 Å². The van der Waals surface area contributed by atoms with E-state index in [4.69, 9.17) is 0 Å². The van der Waals surface area contributed by atoms with Crippen LogP contribution in [0.3, 0.4) is 0 Å². The van der Waals surface area contributed by atoms with Gasteiger partial charge in [0.25, 0.3) is 0 Å². The van der Waals surface area contributed by atoms with E-state index in [0.717, 1.165) is 12.8 Å². The minimum Gasteiger partial charge on any atom is -0.0845 e. The van der Waals surface area contributed by atoms with E-state index in [9.17, 15) is 0 Å². The number of benzene rings is 4. The zero-order chi connectivity index (χ0) is 25.7. The van der Waals surface area contributed by atoms with Crippen LogP contribution in [0.1, 0.15) is 24.8 Å². The lowest BCUT2D eigenvalue weighted by atomic mass is 9.95. The first kappa shape index (κ1) is 25.0. The third-order valence-corrected chi connectivity index (χ3v) is 9.25. The molecule has 1 heteroatoms. The van der Waals surface area contributed by atoms with E-state index >= 15 is 0 Å². The average molecular weight is 497 g/mol. The van der Waals surface area contributed by atoms with Crippen LogP contribution in [0.4, 0.5) is 0 Å². The van der Waals surface area contributed by atoms with Crippen LogP contribution in [0, 0.1) is 0 Å². The van der Waals surface area contributed by atoms with Gasteiger partial charge in [0, 0.05) is 0 Å². The molecule has 0 aromatic heterocycles. The molecular weight excluding hydrogens is 460 g/mol. The van der Waals surface area contributed by atoms with Crippen LogP contribution < -0.4 is 5.19 Å². The minimum atomic E-state index is -1.33. The fourth-order valence-corrected chi connectivity index (χ4v) is 6.11. The number of hydrogen-bond donors (Lipinski definition) is 0. The molecule has 184 valence electrons. The molecule has 0 nitrogen and oxygen atoms in total. The van der Waals surface area contributed by atoms with Gasteiger partial charge >= 0.3 is 0 Å². The van der Waals surface area contributed by atoms with Crippen molar-refractivity contribution < 1.29 is 0 Å². The Morgan fingerprint density at radius 2 is 1.05 bits per heavy atom. The molecule has 0 N–H and O–H groups in total. The van der Waals surface area contributed by atoms with Crippen LogP contribution in [-0.4, -0.2) is 8.07 Å². The second kappa shape index (κ2) is 11.1. The maximum Gasteiger partial charge on any atom is 0.0776 e. The van der Waals surface area contributed by atoms with E-state index in [1.807, 2.05) is 0 Å². The molecule has 0 saturated carbocycles. The highest BCUT2D eigenvalue weighted by Gasteiger charge is 2.16. The van der Waals surface area contributed by atoms with Gasteiger partial charge in [0.2, 0.25) is 0 Å². The Labute approximate surface area is 223 Å². The largest absolute Gasteiger partial charge is 0.0845 e. The van der Waals surface area contributed by atoms with Gasteiger partial charge in [-0.3, -0.25) is 0 Å². The predicted molar refractivity (Wildman–Crippen MR) is 166 cm³/mol. The van der Waals surface area contributed by atoms with E-state index in [2.05, 4.69) is 147 Å². The van der Waals surface area contributed by atoms with Gasteiger partial charge in [0.1, 0.15) is 0 Å². The fourth-order valence-electron chi connectivity index (χ4n) is 4.92. The van der Waals surface area contributed by atoms with Crippen molar-refractivity contribution in [2.24, 2.45) is 0 Å². The monoisotopic (exact) mass is 496 g/mol. The zero-order valence-electron chi connectivity index (χ0n) is 22.2. The van der Waals surface area contributed by atoms with Crippen LogP contribution in [0.2, 0.25) is 19.6 Å². The molecule has 0 aliphatic heterocycles. The van der Waals surface area contributed by atoms with Crippen LogP contribution >= 0.6 is 0 Å². The third-order valence-electron chi connectivity index (χ3n) is 7.20. The third kappa shape index (κ3) is 6.18. The van der Waals surface area contributed by atoms with Crippen molar-refractivity contribution >= 4 is 18.8 Å². The highest BCUT2D eigenvalue weighted by molar-refractivity contribution is 6.88. The molecule has 37 heavy (non-hydrogen) atoms. The molecule has 0 unspecified atom stereocenters. The highest BCUT2D eigenvalue weighted by Crippen LogP contribution is 2.30. The molecule has 0 radical (unpaired) electrons. The van der Waals surface area contributed by atoms with Crippen LogP contribution in [0.15, 0.2) is 127 Å². The summed E-state index contributed by atoms with van der Waals surface area (Å²) in [5, 5.41) is 1.50. The fraction of sp³-hybridized carbons (Fsp3) is 0.167. The van der Waals surface area contributed by atoms with Crippen molar-refractivity contribution in [3.05, 3.63) is 133 Å². The second-order valence-corrected chi connectivity index (χ2v) is 16.0. The Morgan fingerprint density at radius 1 is 0.514 bits per heavy atom. The summed E-state index contributed by atoms with van der Waals surface area (Å²) in [6, 6.07) is 36.1. The van der Waals surface area contributed by atoms with E-state index in [0.29, 0.717) is 0 Å². The molecule has 0 amide bonds. The molecular formula is C36H36Si. The molecule has 0 atom stereocenters. The smallest absolute Gasteiger partial charge is 0.0776 e. The van der Waals surface area contributed by atoms with Crippen molar-refractivity contribution in [1.29, 1.82) is 0 Å². The van der Waals surface area contributed by atoms with Gasteiger partial charge in [0.15, 0.2) is 0 Å². The standard InChI is InChI=1S/C36H36Si/c1-37(2,3)36-17-11-16-35(27-36)32-24-22-31(23-25-32)34-15-10-14-33(26-34)30-20-18-29(19-21-30)28-12-8-6-4-5-7-9-13-28/h4-6,8,10-12,14-27H,7,9,13H2,1-3H3/b5-4-,8-6-,28-12+. The van der Waals surface area contributed by atoms with Crippen LogP contribution in [0.5, 0.6) is 0 Å². The summed E-state index contributed by atoms with van der Waals surface area (Å²) >= 11 is 0. The Morgan fingerprint density at radius 3 is 1.65 bits per heavy atom. The van der Waals surface area contributed by atoms with Crippen LogP contribution in [-0.2, 0) is 0 Å². The maximum atomic E-state index is 2.40. The quantitative estimate of drug-likeness (QED) is 0.241. The second-order valence-electron chi connectivity index (χ2n) is 11.0. The van der Waals surface area contributed by atoms with Crippen LogP contribution in [0.25, 0.3) is 39.0 Å². The van der Waals surface area contributed by atoms with E-state index in [1.165, 1.54) is 56.1 Å². The lowest BCUT2D eigenvalue weighted by Crippen LogP contribution is -2.37. The minimum absolute atomic E-state index is 1.11. The molecule has 4 aromatic rings. The Kier molecular flexibility index (Phi) is 7.53. The van der Waals surface area contributed by atoms with Gasteiger partial charge in [-0.05, 0) is 69.8 Å². The molecule has 1 aliphatic rings. The maximum absolute atomic E-state index is 2.40. The summed E-state index contributed by atoms with van der Waals surface area (Å²) in [5.41, 5.74) is 10.3. The van der Waals surface area contributed by atoms with E-state index in [-0.39, 0.29) is 0 Å². The number of hydrogen-bond acceptors (Lipinski definition) is 0. The van der Waals surface area contributed by atoms with Crippen molar-refractivity contribution in [2.45, 2.75) is 38.9 Å². The SMILES string of the molecule is C[Si](C)(C)c1cccc(-c2ccc(-c3cccc(-c4ccc(/C5=C/C=C\C=C/CCC5)cc4)c3)cc2)c1. The topological polar surface area (TPSA) is 0 Å². The molecule has 0 fully saturated rings. The van der Waals surface area contributed by atoms with Gasteiger partial charge < -0.3 is 0 Å². The Balaban J connectivity index is 1.36. The molecule has 0 bridgehead atoms. The lowest BCUT2D eigenvalue weighted by Gasteiger charge is -2.17. The lowest BCUT2D eigenvalue weighted by molar-refractivity contribution is 0.880. The molecule has 0 heterocycles. The van der Waals surface area contributed by atoms with Crippen molar-refractivity contribution in [3.63, 3.8) is 0 Å². The zero-order valence-corrected chi connectivity index (χ0v) is 23.2. The molecule has 0 saturated heterocycles. The summed E-state index contributed by atoms with van der Waals surface area (Å²) in [6.45, 7) is 7.21. The summed E-state index contributed by atoms with van der Waals surface area (Å²) in [5.74, 6) is 0. The van der Waals surface area contributed by atoms with Crippen molar-refractivity contribution in [1.82, 2.24) is 0 Å². The first-order chi connectivity index (χ1) is 18.0. The first-order valence-corrected chi connectivity index (χ1v) is 16.9. The summed E-state index contributed by atoms with van der Waals surface area (Å²) in [7, 11) is -1.33. The Hall–Kier alpha value is -3.68. The first-order valence-electron chi connectivity index (χ1n) is 13.4. The predicted octanol–water partition coefficient (Wildman–Crippen LogP) is 9.91. The number of rotatable bonds is 5. The number of allylic oxidation sites excluding steroid dienone is 6. The van der Waals surface area contributed by atoms with Gasteiger partial charge in [-0.2, -0.15) is 0 Å². The summed E-state index contributed by atoms with van der Waals surface area (Å²) in [6.07, 6.45) is 14.4. The summed E-state index contributed by atoms with van der Waals surface area (Å²) < 4.78 is 0. The van der Waals surface area contributed by atoms with Crippen molar-refractivity contribution in [3.8, 4) is 33.4 Å². The Bertz CT molecular complexity index is 1440. The molecule has 4 aromatic carbocycles. The van der Waals surface area contributed by atoms with E-state index in [1.54, 1.807) is 0 Å². The average Bonchev–Trinajstić information content (AvgIpc) is 3.07. The molecule has 0 spiro atoms. The van der Waals surface area contributed by atoms with E-state index < -0.39 is 8.07 Å². The normalized spacial score (nSPS) is 17.1. The molecule has 1 aliphatic carbocycles. The van der Waals surface area contributed by atoms with Gasteiger partial charge in [-0.15, -0.1) is 0 Å².